The number of hydrogen-bond acceptors (Lipinski definition) is 4. The predicted molar refractivity (Wildman–Crippen MR) is 108 cm³/mol. The first-order chi connectivity index (χ1) is 12.1. The molecule has 0 spiro atoms. The molecule has 1 aliphatic rings. The van der Waals surface area contributed by atoms with Crippen LogP contribution < -0.4 is 5.19 Å². The molecule has 0 aliphatic heterocycles. The third-order valence-electron chi connectivity index (χ3n) is 4.61. The molecular weight excluding hydrogens is 470 g/mol. The monoisotopic (exact) mass is 494 g/mol. The van der Waals surface area contributed by atoms with Crippen LogP contribution in [0.4, 0.5) is 5.69 Å². The Balaban J connectivity index is 0.00000105. The summed E-state index contributed by atoms with van der Waals surface area (Å²) in [5.74, 6) is 0.680. The summed E-state index contributed by atoms with van der Waals surface area (Å²) in [6.07, 6.45) is 6.28. The van der Waals surface area contributed by atoms with Crippen molar-refractivity contribution in [3.8, 4) is 5.75 Å². The van der Waals surface area contributed by atoms with Gasteiger partial charge in [-0.05, 0) is 23.9 Å². The van der Waals surface area contributed by atoms with E-state index in [9.17, 15) is 15.2 Å². The van der Waals surface area contributed by atoms with Gasteiger partial charge in [-0.15, -0.1) is 0 Å². The number of aliphatic imine (C=N–C) groups is 1. The molecule has 5 nitrogen and oxygen atoms in total. The molecule has 2 rings (SSSR count). The van der Waals surface area contributed by atoms with Crippen LogP contribution in [0.3, 0.4) is 0 Å². The Hall–Kier alpha value is -0.230. The maximum atomic E-state index is 11.2. The van der Waals surface area contributed by atoms with Gasteiger partial charge in [-0.25, -0.2) is 0 Å². The first-order valence-electron chi connectivity index (χ1n) is 8.63. The summed E-state index contributed by atoms with van der Waals surface area (Å²) >= 11 is -0.826. The Labute approximate surface area is 175 Å². The molecule has 26 heavy (non-hydrogen) atoms. The zero-order valence-electron chi connectivity index (χ0n) is 15.6. The number of phenolic OH excluding ortho intramolecular Hbond substituents is 1. The number of hydrogen-bond donors (Lipinski definition) is 1. The maximum absolute atomic E-state index is 11.2. The van der Waals surface area contributed by atoms with E-state index in [-0.39, 0.29) is 17.5 Å². The Morgan fingerprint density at radius 3 is 2.38 bits per heavy atom. The topological polar surface area (TPSA) is 75.7 Å². The first kappa shape index (κ1) is 23.8. The third-order valence-corrected chi connectivity index (χ3v) is 6.61. The molecule has 0 saturated heterocycles. The number of nitro benzene ring substituents is 1. The van der Waals surface area contributed by atoms with Gasteiger partial charge in [0.1, 0.15) is 5.75 Å². The van der Waals surface area contributed by atoms with Crippen LogP contribution in [0.15, 0.2) is 17.1 Å². The molecule has 0 heterocycles. The van der Waals surface area contributed by atoms with E-state index in [4.69, 9.17) is 17.0 Å². The molecule has 2 unspecified atom stereocenters. The molecule has 0 radical (unpaired) electrons. The number of benzene rings is 1. The molecule has 1 aromatic rings. The van der Waals surface area contributed by atoms with Gasteiger partial charge in [0.05, 0.1) is 19.0 Å². The second kappa shape index (κ2) is 10.9. The average Bonchev–Trinajstić information content (AvgIpc) is 2.54. The fraction of sp³-hybridized carbons (Fsp3) is 0.588. The summed E-state index contributed by atoms with van der Waals surface area (Å²) in [6.45, 7) is 8.39. The van der Waals surface area contributed by atoms with E-state index in [1.54, 1.807) is 6.21 Å². The zero-order valence-corrected chi connectivity index (χ0v) is 20.6. The summed E-state index contributed by atoms with van der Waals surface area (Å²) in [6, 6.07) is 3.19. The molecule has 1 N–H and O–H groups in total. The van der Waals surface area contributed by atoms with Crippen molar-refractivity contribution in [1.82, 2.24) is 0 Å². The van der Waals surface area contributed by atoms with Crippen LogP contribution in [-0.2, 0) is 20.8 Å². The van der Waals surface area contributed by atoms with Crippen molar-refractivity contribution < 1.29 is 30.9 Å². The van der Waals surface area contributed by atoms with Gasteiger partial charge < -0.3 is 5.11 Å². The van der Waals surface area contributed by atoms with Crippen molar-refractivity contribution in [2.24, 2.45) is 10.9 Å². The van der Waals surface area contributed by atoms with Crippen molar-refractivity contribution >= 4 is 42.2 Å². The van der Waals surface area contributed by atoms with Gasteiger partial charge in [0.2, 0.25) is 0 Å². The van der Waals surface area contributed by atoms with Gasteiger partial charge in [-0.2, -0.15) is 0 Å². The molecule has 1 aliphatic carbocycles. The van der Waals surface area contributed by atoms with E-state index in [0.717, 1.165) is 6.42 Å². The fourth-order valence-corrected chi connectivity index (χ4v) is 4.55. The van der Waals surface area contributed by atoms with Crippen LogP contribution in [0.1, 0.15) is 38.2 Å². The van der Waals surface area contributed by atoms with Gasteiger partial charge in [0, 0.05) is 23.9 Å². The van der Waals surface area contributed by atoms with Crippen LogP contribution >= 0.6 is 17.0 Å². The minimum atomic E-state index is -1.88. The normalized spacial score (nSPS) is 20.4. The van der Waals surface area contributed by atoms with Crippen molar-refractivity contribution in [3.63, 3.8) is 0 Å². The van der Waals surface area contributed by atoms with Crippen molar-refractivity contribution in [3.05, 3.63) is 27.8 Å². The number of non-ortho nitro benzene ring substituents is 1. The van der Waals surface area contributed by atoms with E-state index in [1.165, 1.54) is 31.4 Å². The summed E-state index contributed by atoms with van der Waals surface area (Å²) in [7, 11) is 7.98. The average molecular weight is 497 g/mol. The molecular formula is C17H26Cl2N2O3SiZr. The Morgan fingerprint density at radius 2 is 1.88 bits per heavy atom. The van der Waals surface area contributed by atoms with Gasteiger partial charge in [-0.3, -0.25) is 15.1 Å². The third kappa shape index (κ3) is 7.06. The SMILES string of the molecule is CC1CCCCC1N=Cc1cc([N+](=O)[O-])cc([Si](C)(C)C)c1O.[Cl][Zr][Cl]. The zero-order chi connectivity index (χ0) is 19.9. The number of halogens is 2. The molecule has 0 aromatic heterocycles. The van der Waals surface area contributed by atoms with Gasteiger partial charge in [0.25, 0.3) is 5.69 Å². The predicted octanol–water partition coefficient (Wildman–Crippen LogP) is 5.22. The van der Waals surface area contributed by atoms with E-state index in [1.807, 2.05) is 0 Å². The molecule has 1 aromatic carbocycles. The summed E-state index contributed by atoms with van der Waals surface area (Å²) in [4.78, 5) is 15.4. The van der Waals surface area contributed by atoms with Crippen molar-refractivity contribution in [2.45, 2.75) is 58.3 Å². The molecule has 1 saturated carbocycles. The van der Waals surface area contributed by atoms with Crippen LogP contribution in [0.5, 0.6) is 5.75 Å². The van der Waals surface area contributed by atoms with E-state index >= 15 is 0 Å². The van der Waals surface area contributed by atoms with Crippen molar-refractivity contribution in [1.29, 1.82) is 0 Å². The molecule has 9 heteroatoms. The minimum absolute atomic E-state index is 0.0263. The molecule has 0 amide bonds. The Morgan fingerprint density at radius 1 is 1.31 bits per heavy atom. The second-order valence-corrected chi connectivity index (χ2v) is 16.4. The van der Waals surface area contributed by atoms with Gasteiger partial charge in [-0.1, -0.05) is 39.4 Å². The van der Waals surface area contributed by atoms with E-state index in [2.05, 4.69) is 31.6 Å². The van der Waals surface area contributed by atoms with Crippen LogP contribution in [0, 0.1) is 16.0 Å². The Kier molecular flexibility index (Phi) is 10.0. The number of rotatable bonds is 4. The molecule has 144 valence electrons. The summed E-state index contributed by atoms with van der Waals surface area (Å²) < 4.78 is 0. The molecule has 0 bridgehead atoms. The number of nitro groups is 1. The summed E-state index contributed by atoms with van der Waals surface area (Å²) in [5, 5.41) is 22.5. The van der Waals surface area contributed by atoms with Gasteiger partial charge >= 0.3 is 37.9 Å². The Bertz CT molecular complexity index is 654. The molecule has 1 fully saturated rings. The first-order valence-corrected chi connectivity index (χ1v) is 18.5. The number of aromatic hydroxyl groups is 1. The fourth-order valence-electron chi connectivity index (χ4n) is 3.11. The number of phenols is 1. The number of nitrogens with zero attached hydrogens (tertiary/aromatic N) is 2. The van der Waals surface area contributed by atoms with E-state index in [0.29, 0.717) is 16.7 Å². The second-order valence-electron chi connectivity index (χ2n) is 7.62. The van der Waals surface area contributed by atoms with Crippen LogP contribution in [-0.4, -0.2) is 30.4 Å². The van der Waals surface area contributed by atoms with Crippen LogP contribution in [0.25, 0.3) is 0 Å². The summed E-state index contributed by atoms with van der Waals surface area (Å²) in [5.41, 5.74) is 0.493. The quantitative estimate of drug-likeness (QED) is 0.269. The van der Waals surface area contributed by atoms with Crippen molar-refractivity contribution in [2.75, 3.05) is 0 Å². The van der Waals surface area contributed by atoms with Crippen LogP contribution in [0.2, 0.25) is 19.6 Å². The molecule has 2 atom stereocenters. The van der Waals surface area contributed by atoms with E-state index < -0.39 is 33.8 Å². The standard InChI is InChI=1S/C17H26N2O3Si.2ClH.Zr/c1-12-7-5-6-8-15(12)18-11-13-9-14(19(21)22)10-16(17(13)20)23(2,3)4;;;/h9-12,15,20H,5-8H2,1-4H3;2*1H;/q;;;+2/p-2. The van der Waals surface area contributed by atoms with Gasteiger partial charge in [0.15, 0.2) is 0 Å².